The summed E-state index contributed by atoms with van der Waals surface area (Å²) in [4.78, 5) is 17.5. The molecule has 0 saturated carbocycles. The van der Waals surface area contributed by atoms with Crippen molar-refractivity contribution in [3.63, 3.8) is 0 Å². The largest absolute Gasteiger partial charge is 0.481 e. The fraction of sp³-hybridized carbons (Fsp3) is 0.750. The second kappa shape index (κ2) is 7.59. The van der Waals surface area contributed by atoms with E-state index in [4.69, 9.17) is 5.11 Å². The third-order valence-electron chi connectivity index (χ3n) is 4.26. The maximum Gasteiger partial charge on any atom is 0.303 e. The van der Waals surface area contributed by atoms with Crippen molar-refractivity contribution in [1.29, 1.82) is 0 Å². The van der Waals surface area contributed by atoms with Crippen molar-refractivity contribution in [2.45, 2.75) is 64.5 Å². The molecule has 1 unspecified atom stereocenters. The van der Waals surface area contributed by atoms with Crippen LogP contribution >= 0.6 is 0 Å². The molecular formula is C16H27N3O2. The fourth-order valence-corrected chi connectivity index (χ4v) is 3.19. The van der Waals surface area contributed by atoms with Crippen LogP contribution in [0.4, 0.5) is 0 Å². The summed E-state index contributed by atoms with van der Waals surface area (Å²) in [6, 6.07) is 0.571. The smallest absolute Gasteiger partial charge is 0.303 e. The number of hydrogen-bond acceptors (Lipinski definition) is 3. The number of likely N-dealkylation sites (tertiary alicyclic amines) is 1. The summed E-state index contributed by atoms with van der Waals surface area (Å²) in [5.74, 6) is 0.922. The van der Waals surface area contributed by atoms with E-state index in [2.05, 4.69) is 34.5 Å². The Morgan fingerprint density at radius 2 is 2.29 bits per heavy atom. The van der Waals surface area contributed by atoms with Gasteiger partial charge in [0.2, 0.25) is 0 Å². The number of carbonyl (C=O) groups is 1. The van der Waals surface area contributed by atoms with Gasteiger partial charge in [0.1, 0.15) is 5.82 Å². The number of hydrogen-bond donors (Lipinski definition) is 1. The van der Waals surface area contributed by atoms with E-state index in [1.807, 2.05) is 6.20 Å². The SMILES string of the molecule is CC(C)c1nccn1CC1CCCN1CCCCC(=O)O. The summed E-state index contributed by atoms with van der Waals surface area (Å²) >= 11 is 0. The van der Waals surface area contributed by atoms with Crippen LogP contribution in [-0.4, -0.2) is 44.7 Å². The zero-order valence-corrected chi connectivity index (χ0v) is 13.2. The zero-order chi connectivity index (χ0) is 15.2. The number of rotatable bonds is 8. The summed E-state index contributed by atoms with van der Waals surface area (Å²) in [6.07, 6.45) is 8.49. The molecule has 1 fully saturated rings. The lowest BCUT2D eigenvalue weighted by Gasteiger charge is -2.25. The van der Waals surface area contributed by atoms with Gasteiger partial charge in [0, 0.05) is 37.3 Å². The molecule has 1 N–H and O–H groups in total. The zero-order valence-electron chi connectivity index (χ0n) is 13.2. The lowest BCUT2D eigenvalue weighted by atomic mass is 10.1. The predicted octanol–water partition coefficient (Wildman–Crippen LogP) is 2.73. The van der Waals surface area contributed by atoms with E-state index < -0.39 is 5.97 Å². The topological polar surface area (TPSA) is 58.4 Å². The summed E-state index contributed by atoms with van der Waals surface area (Å²) in [5.41, 5.74) is 0. The summed E-state index contributed by atoms with van der Waals surface area (Å²) in [6.45, 7) is 7.52. The maximum atomic E-state index is 10.5. The molecule has 1 aliphatic heterocycles. The average molecular weight is 293 g/mol. The molecule has 1 aromatic rings. The van der Waals surface area contributed by atoms with Crippen LogP contribution in [0.2, 0.25) is 0 Å². The van der Waals surface area contributed by atoms with E-state index >= 15 is 0 Å². The molecule has 1 aliphatic rings. The van der Waals surface area contributed by atoms with Crippen molar-refractivity contribution in [3.05, 3.63) is 18.2 Å². The normalized spacial score (nSPS) is 19.5. The summed E-state index contributed by atoms with van der Waals surface area (Å²) in [5, 5.41) is 8.69. The molecule has 118 valence electrons. The molecule has 0 aliphatic carbocycles. The molecule has 0 bridgehead atoms. The van der Waals surface area contributed by atoms with Crippen molar-refractivity contribution < 1.29 is 9.90 Å². The number of aliphatic carboxylic acids is 1. The highest BCUT2D eigenvalue weighted by Crippen LogP contribution is 2.21. The van der Waals surface area contributed by atoms with E-state index in [9.17, 15) is 4.79 Å². The number of carboxylic acids is 1. The number of nitrogens with zero attached hydrogens (tertiary/aromatic N) is 3. The Balaban J connectivity index is 1.84. The Hall–Kier alpha value is -1.36. The van der Waals surface area contributed by atoms with Crippen molar-refractivity contribution >= 4 is 5.97 Å². The quantitative estimate of drug-likeness (QED) is 0.749. The Kier molecular flexibility index (Phi) is 5.79. The molecule has 1 saturated heterocycles. The molecule has 2 heterocycles. The molecule has 1 atom stereocenters. The van der Waals surface area contributed by atoms with Crippen LogP contribution in [0.1, 0.15) is 57.7 Å². The van der Waals surface area contributed by atoms with Crippen LogP contribution in [0.5, 0.6) is 0 Å². The number of aromatic nitrogens is 2. The van der Waals surface area contributed by atoms with E-state index in [-0.39, 0.29) is 6.42 Å². The standard InChI is InChI=1S/C16H27N3O2/c1-13(2)16-17-8-11-19(16)12-14-6-5-10-18(14)9-4-3-7-15(20)21/h8,11,13-14H,3-7,9-10,12H2,1-2H3,(H,20,21). The maximum absolute atomic E-state index is 10.5. The lowest BCUT2D eigenvalue weighted by molar-refractivity contribution is -0.137. The highest BCUT2D eigenvalue weighted by atomic mass is 16.4. The first-order valence-electron chi connectivity index (χ1n) is 8.04. The molecular weight excluding hydrogens is 266 g/mol. The fourth-order valence-electron chi connectivity index (χ4n) is 3.19. The molecule has 0 radical (unpaired) electrons. The Morgan fingerprint density at radius 3 is 3.00 bits per heavy atom. The molecule has 0 spiro atoms. The molecule has 21 heavy (non-hydrogen) atoms. The van der Waals surface area contributed by atoms with Crippen molar-refractivity contribution in [1.82, 2.24) is 14.5 Å². The highest BCUT2D eigenvalue weighted by molar-refractivity contribution is 5.66. The molecule has 2 rings (SSSR count). The van der Waals surface area contributed by atoms with Crippen LogP contribution in [-0.2, 0) is 11.3 Å². The first kappa shape index (κ1) is 16.0. The lowest BCUT2D eigenvalue weighted by Crippen LogP contribution is -2.34. The minimum absolute atomic E-state index is 0.289. The van der Waals surface area contributed by atoms with Gasteiger partial charge in [-0.2, -0.15) is 0 Å². The van der Waals surface area contributed by atoms with Gasteiger partial charge in [-0.3, -0.25) is 9.69 Å². The Morgan fingerprint density at radius 1 is 1.48 bits per heavy atom. The van der Waals surface area contributed by atoms with Crippen molar-refractivity contribution in [3.8, 4) is 0 Å². The number of unbranched alkanes of at least 4 members (excludes halogenated alkanes) is 1. The molecule has 5 nitrogen and oxygen atoms in total. The van der Waals surface area contributed by atoms with E-state index in [1.165, 1.54) is 12.8 Å². The first-order valence-corrected chi connectivity index (χ1v) is 8.04. The monoisotopic (exact) mass is 293 g/mol. The van der Waals surface area contributed by atoms with E-state index in [1.54, 1.807) is 0 Å². The molecule has 5 heteroatoms. The second-order valence-corrected chi connectivity index (χ2v) is 6.28. The van der Waals surface area contributed by atoms with Crippen LogP contribution in [0, 0.1) is 0 Å². The van der Waals surface area contributed by atoms with Crippen molar-refractivity contribution in [2.75, 3.05) is 13.1 Å². The Labute approximate surface area is 127 Å². The molecule has 1 aromatic heterocycles. The van der Waals surface area contributed by atoms with Gasteiger partial charge in [0.25, 0.3) is 0 Å². The predicted molar refractivity (Wildman–Crippen MR) is 82.4 cm³/mol. The minimum Gasteiger partial charge on any atom is -0.481 e. The van der Waals surface area contributed by atoms with Gasteiger partial charge < -0.3 is 9.67 Å². The van der Waals surface area contributed by atoms with Gasteiger partial charge in [-0.05, 0) is 38.8 Å². The average Bonchev–Trinajstić information content (AvgIpc) is 3.04. The van der Waals surface area contributed by atoms with Gasteiger partial charge in [-0.1, -0.05) is 13.8 Å². The summed E-state index contributed by atoms with van der Waals surface area (Å²) in [7, 11) is 0. The van der Waals surface area contributed by atoms with Gasteiger partial charge in [0.15, 0.2) is 0 Å². The van der Waals surface area contributed by atoms with Gasteiger partial charge in [-0.25, -0.2) is 4.98 Å². The van der Waals surface area contributed by atoms with E-state index in [0.29, 0.717) is 12.0 Å². The van der Waals surface area contributed by atoms with E-state index in [0.717, 1.165) is 38.3 Å². The van der Waals surface area contributed by atoms with Gasteiger partial charge in [0.05, 0.1) is 0 Å². The third-order valence-corrected chi connectivity index (χ3v) is 4.26. The first-order chi connectivity index (χ1) is 10.1. The third kappa shape index (κ3) is 4.56. The highest BCUT2D eigenvalue weighted by Gasteiger charge is 2.25. The minimum atomic E-state index is -0.687. The number of imidazole rings is 1. The summed E-state index contributed by atoms with van der Waals surface area (Å²) < 4.78 is 2.28. The van der Waals surface area contributed by atoms with Crippen LogP contribution in [0.25, 0.3) is 0 Å². The molecule has 0 amide bonds. The van der Waals surface area contributed by atoms with Gasteiger partial charge >= 0.3 is 5.97 Å². The van der Waals surface area contributed by atoms with Crippen LogP contribution < -0.4 is 0 Å². The number of carboxylic acid groups (broad SMARTS) is 1. The Bertz CT molecular complexity index is 456. The van der Waals surface area contributed by atoms with Crippen molar-refractivity contribution in [2.24, 2.45) is 0 Å². The van der Waals surface area contributed by atoms with Crippen LogP contribution in [0.15, 0.2) is 12.4 Å². The van der Waals surface area contributed by atoms with Gasteiger partial charge in [-0.15, -0.1) is 0 Å². The van der Waals surface area contributed by atoms with Crippen LogP contribution in [0.3, 0.4) is 0 Å². The molecule has 0 aromatic carbocycles. The second-order valence-electron chi connectivity index (χ2n) is 6.28.